The number of nitrogens with one attached hydrogen (secondary N) is 1. The molecule has 28 heavy (non-hydrogen) atoms. The van der Waals surface area contributed by atoms with Crippen LogP contribution in [0.1, 0.15) is 58.9 Å². The minimum absolute atomic E-state index is 0.123. The predicted octanol–water partition coefficient (Wildman–Crippen LogP) is 2.87. The number of hydrogen-bond acceptors (Lipinski definition) is 6. The summed E-state index contributed by atoms with van der Waals surface area (Å²) in [5.41, 5.74) is -0.250. The van der Waals surface area contributed by atoms with Crippen molar-refractivity contribution in [2.75, 3.05) is 7.11 Å². The Labute approximate surface area is 166 Å². The molecule has 1 heterocycles. The van der Waals surface area contributed by atoms with Gasteiger partial charge in [-0.3, -0.25) is 0 Å². The van der Waals surface area contributed by atoms with E-state index in [9.17, 15) is 25.4 Å². The van der Waals surface area contributed by atoms with E-state index in [0.717, 1.165) is 5.57 Å². The molecule has 0 bridgehead atoms. The molecule has 1 unspecified atom stereocenters. The monoisotopic (exact) mass is 398 g/mol. The second-order valence-corrected chi connectivity index (χ2v) is 8.18. The number of hydrogen-bond donors (Lipinski definition) is 4. The number of rotatable bonds is 12. The molecule has 8 heteroatoms. The third kappa shape index (κ3) is 7.35. The smallest absolute Gasteiger partial charge is 0.321 e. The van der Waals surface area contributed by atoms with Crippen LogP contribution in [0.5, 0.6) is 0 Å². The molecule has 1 rings (SSSR count). The first-order valence-electron chi connectivity index (χ1n) is 9.50. The Balaban J connectivity index is 2.50. The summed E-state index contributed by atoms with van der Waals surface area (Å²) in [5, 5.41) is 41.7. The third-order valence-electron chi connectivity index (χ3n) is 5.36. The summed E-state index contributed by atoms with van der Waals surface area (Å²) in [6.45, 7) is 7.21. The molecule has 8 nitrogen and oxygen atoms in total. The van der Waals surface area contributed by atoms with Crippen LogP contribution in [0.25, 0.3) is 0 Å². The molecule has 0 saturated heterocycles. The zero-order valence-electron chi connectivity index (χ0n) is 17.4. The predicted molar refractivity (Wildman–Crippen MR) is 107 cm³/mol. The lowest BCUT2D eigenvalue weighted by Gasteiger charge is -2.29. The summed E-state index contributed by atoms with van der Waals surface area (Å²) < 4.78 is 5.28. The van der Waals surface area contributed by atoms with Gasteiger partial charge in [-0.1, -0.05) is 11.6 Å². The normalized spacial score (nSPS) is 17.2. The number of ether oxygens (including phenoxy) is 1. The number of allylic oxidation sites excluding steroid dienone is 2. The molecular weight excluding hydrogens is 364 g/mol. The maximum absolute atomic E-state index is 10.7. The maximum atomic E-state index is 10.7. The number of aliphatic hydroxyl groups excluding tert-OH is 2. The molecule has 1 aromatic rings. The fraction of sp³-hybridized carbons (Fsp3) is 0.700. The van der Waals surface area contributed by atoms with Crippen LogP contribution in [-0.4, -0.2) is 55.7 Å². The highest BCUT2D eigenvalue weighted by Gasteiger charge is 2.30. The largest absolute Gasteiger partial charge is 0.390 e. The van der Waals surface area contributed by atoms with Gasteiger partial charge in [0.25, 0.3) is 0 Å². The van der Waals surface area contributed by atoms with Crippen LogP contribution >= 0.6 is 0 Å². The first-order chi connectivity index (χ1) is 12.9. The van der Waals surface area contributed by atoms with Gasteiger partial charge >= 0.3 is 5.82 Å². The number of methoxy groups -OCH3 is 1. The summed E-state index contributed by atoms with van der Waals surface area (Å²) in [6, 6.07) is 1.36. The van der Waals surface area contributed by atoms with Gasteiger partial charge in [-0.25, -0.2) is 4.98 Å². The summed E-state index contributed by atoms with van der Waals surface area (Å²) in [5.74, 6) is -0.140. The number of H-pyrrole nitrogens is 1. The quantitative estimate of drug-likeness (QED) is 0.243. The topological polar surface area (TPSA) is 129 Å². The first-order valence-corrected chi connectivity index (χ1v) is 9.50. The summed E-state index contributed by atoms with van der Waals surface area (Å²) in [7, 11) is 1.57. The van der Waals surface area contributed by atoms with Gasteiger partial charge in [0.05, 0.1) is 29.6 Å². The Morgan fingerprint density at radius 2 is 2.00 bits per heavy atom. The van der Waals surface area contributed by atoms with Crippen molar-refractivity contribution >= 4 is 5.82 Å². The Morgan fingerprint density at radius 1 is 1.36 bits per heavy atom. The summed E-state index contributed by atoms with van der Waals surface area (Å²) in [4.78, 5) is 12.7. The number of aromatic nitrogens is 1. The van der Waals surface area contributed by atoms with Crippen molar-refractivity contribution in [3.8, 4) is 0 Å². The number of aliphatic hydroxyl groups is 3. The first kappa shape index (κ1) is 24.3. The SMILES string of the molecule is COC(C)(C)[C@H](O)CC/C(C)=C/CCC(C)(O)[C@@H](O)Cc1c[nH]c([N+](=O)[O-])c1. The molecule has 0 aromatic carbocycles. The maximum Gasteiger partial charge on any atom is 0.321 e. The van der Waals surface area contributed by atoms with Gasteiger partial charge in [0.2, 0.25) is 0 Å². The lowest BCUT2D eigenvalue weighted by Crippen LogP contribution is -2.40. The van der Waals surface area contributed by atoms with E-state index in [2.05, 4.69) is 4.98 Å². The average molecular weight is 399 g/mol. The van der Waals surface area contributed by atoms with E-state index in [1.54, 1.807) is 14.0 Å². The lowest BCUT2D eigenvalue weighted by molar-refractivity contribution is -0.389. The second-order valence-electron chi connectivity index (χ2n) is 8.18. The molecule has 0 amide bonds. The second kappa shape index (κ2) is 10.2. The molecule has 1 aromatic heterocycles. The van der Waals surface area contributed by atoms with Gasteiger partial charge in [-0.15, -0.1) is 0 Å². The number of nitro groups is 1. The van der Waals surface area contributed by atoms with Gasteiger partial charge < -0.3 is 30.2 Å². The molecule has 4 N–H and O–H groups in total. The highest BCUT2D eigenvalue weighted by atomic mass is 16.6. The standard InChI is InChI=1S/C20H34N2O6/c1-14(8-9-16(23)19(2,3)28-5)7-6-10-20(4,25)17(24)11-15-12-18(21-13-15)22(26)27/h7,12-13,16-17,21,23-25H,6,8-11H2,1-5H3/b14-7+/t16-,17+,20?/m1/s1. The van der Waals surface area contributed by atoms with Crippen molar-refractivity contribution < 1.29 is 25.0 Å². The molecule has 160 valence electrons. The van der Waals surface area contributed by atoms with Crippen molar-refractivity contribution in [1.82, 2.24) is 4.98 Å². The summed E-state index contributed by atoms with van der Waals surface area (Å²) >= 11 is 0. The van der Waals surface area contributed by atoms with Crippen molar-refractivity contribution in [3.63, 3.8) is 0 Å². The van der Waals surface area contributed by atoms with Crippen LogP contribution in [0.2, 0.25) is 0 Å². The van der Waals surface area contributed by atoms with Crippen molar-refractivity contribution in [1.29, 1.82) is 0 Å². The molecule has 0 aliphatic carbocycles. The Hall–Kier alpha value is -1.74. The van der Waals surface area contributed by atoms with Gasteiger partial charge in [-0.05, 0) is 58.3 Å². The van der Waals surface area contributed by atoms with Crippen molar-refractivity contribution in [2.45, 2.75) is 83.2 Å². The fourth-order valence-corrected chi connectivity index (χ4v) is 2.82. The molecule has 0 aliphatic rings. The minimum atomic E-state index is -1.32. The highest BCUT2D eigenvalue weighted by molar-refractivity contribution is 5.27. The zero-order chi connectivity index (χ0) is 21.5. The molecule has 0 aliphatic heterocycles. The minimum Gasteiger partial charge on any atom is -0.390 e. The van der Waals surface area contributed by atoms with E-state index in [1.807, 2.05) is 26.8 Å². The van der Waals surface area contributed by atoms with Crippen molar-refractivity contribution in [3.05, 3.63) is 39.6 Å². The van der Waals surface area contributed by atoms with E-state index in [0.29, 0.717) is 31.2 Å². The average Bonchev–Trinajstić information content (AvgIpc) is 3.08. The lowest BCUT2D eigenvalue weighted by atomic mass is 9.89. The van der Waals surface area contributed by atoms with Crippen LogP contribution in [0, 0.1) is 10.1 Å². The van der Waals surface area contributed by atoms with Gasteiger partial charge in [-0.2, -0.15) is 0 Å². The Morgan fingerprint density at radius 3 is 2.54 bits per heavy atom. The molecule has 0 saturated carbocycles. The van der Waals surface area contributed by atoms with Crippen LogP contribution in [0.4, 0.5) is 5.82 Å². The van der Waals surface area contributed by atoms with E-state index >= 15 is 0 Å². The van der Waals surface area contributed by atoms with E-state index in [4.69, 9.17) is 4.74 Å². The molecule has 3 atom stereocenters. The Bertz CT molecular complexity index is 665. The molecule has 0 spiro atoms. The highest BCUT2D eigenvalue weighted by Crippen LogP contribution is 2.24. The molecular formula is C20H34N2O6. The fourth-order valence-electron chi connectivity index (χ4n) is 2.82. The van der Waals surface area contributed by atoms with Crippen LogP contribution < -0.4 is 0 Å². The summed E-state index contributed by atoms with van der Waals surface area (Å²) in [6.07, 6.45) is 4.19. The van der Waals surface area contributed by atoms with E-state index in [1.165, 1.54) is 12.3 Å². The number of aromatic amines is 1. The van der Waals surface area contributed by atoms with Gasteiger partial charge in [0.15, 0.2) is 0 Å². The number of nitrogens with zero attached hydrogens (tertiary/aromatic N) is 1. The van der Waals surface area contributed by atoms with Crippen molar-refractivity contribution in [2.24, 2.45) is 0 Å². The van der Waals surface area contributed by atoms with E-state index < -0.39 is 28.3 Å². The molecule has 0 fully saturated rings. The van der Waals surface area contributed by atoms with E-state index in [-0.39, 0.29) is 12.2 Å². The molecule has 0 radical (unpaired) electrons. The van der Waals surface area contributed by atoms with Gasteiger partial charge in [0.1, 0.15) is 0 Å². The Kier molecular flexibility index (Phi) is 8.81. The third-order valence-corrected chi connectivity index (χ3v) is 5.36. The zero-order valence-corrected chi connectivity index (χ0v) is 17.4. The van der Waals surface area contributed by atoms with Crippen LogP contribution in [0.15, 0.2) is 23.9 Å². The van der Waals surface area contributed by atoms with Crippen LogP contribution in [0.3, 0.4) is 0 Å². The van der Waals surface area contributed by atoms with Gasteiger partial charge in [0, 0.05) is 25.2 Å². The van der Waals surface area contributed by atoms with Crippen LogP contribution in [-0.2, 0) is 11.2 Å².